The van der Waals surface area contributed by atoms with Crippen molar-refractivity contribution in [1.82, 2.24) is 0 Å². The van der Waals surface area contributed by atoms with Crippen molar-refractivity contribution in [2.45, 2.75) is 0 Å². The first-order valence-electron chi connectivity index (χ1n) is 5.56. The molecule has 18 heavy (non-hydrogen) atoms. The molecule has 1 heterocycles. The molecule has 0 atom stereocenters. The van der Waals surface area contributed by atoms with Crippen molar-refractivity contribution < 1.29 is 4.74 Å². The fourth-order valence-corrected chi connectivity index (χ4v) is 2.07. The molecule has 3 rings (SSSR count). The third-order valence-corrected chi connectivity index (χ3v) is 4.29. The van der Waals surface area contributed by atoms with Crippen molar-refractivity contribution in [1.29, 1.82) is 0 Å². The second kappa shape index (κ2) is 6.76. The van der Waals surface area contributed by atoms with Gasteiger partial charge in [-0.05, 0) is 56.1 Å². The summed E-state index contributed by atoms with van der Waals surface area (Å²) in [5.41, 5.74) is 1.17. The minimum absolute atomic E-state index is 0.705. The molecule has 0 aliphatic carbocycles. The summed E-state index contributed by atoms with van der Waals surface area (Å²) in [5.74, 6) is 0.991. The van der Waals surface area contributed by atoms with Crippen LogP contribution in [0.15, 0.2) is 63.6 Å². The lowest BCUT2D eigenvalue weighted by atomic mass is 10.1. The molecule has 1 aliphatic heterocycles. The Labute approximate surface area is 124 Å². The van der Waals surface area contributed by atoms with Crippen LogP contribution in [0.2, 0.25) is 0 Å². The molecule has 0 radical (unpaired) electrons. The zero-order valence-electron chi connectivity index (χ0n) is 9.64. The number of rotatable bonds is 0. The number of hydrogen-bond donors (Lipinski definition) is 0. The van der Waals surface area contributed by atoms with Gasteiger partial charge in [0.1, 0.15) is 12.4 Å². The zero-order chi connectivity index (χ0) is 12.8. The Morgan fingerprint density at radius 2 is 1.44 bits per heavy atom. The van der Waals surface area contributed by atoms with Gasteiger partial charge in [-0.2, -0.15) is 0 Å². The Morgan fingerprint density at radius 1 is 0.833 bits per heavy atom. The second-order valence-corrected chi connectivity index (χ2v) is 5.37. The minimum atomic E-state index is 0.705. The maximum atomic E-state index is 5.34. The number of ether oxygens (including phenoxy) is 1. The molecule has 0 N–H and O–H groups in total. The Bertz CT molecular complexity index is 529. The van der Waals surface area contributed by atoms with Crippen LogP contribution >= 0.6 is 31.9 Å². The van der Waals surface area contributed by atoms with Gasteiger partial charge in [0.15, 0.2) is 0 Å². The van der Waals surface area contributed by atoms with Crippen LogP contribution in [0.25, 0.3) is 6.08 Å². The molecule has 1 aliphatic rings. The van der Waals surface area contributed by atoms with E-state index in [-0.39, 0.29) is 0 Å². The third kappa shape index (κ3) is 3.72. The van der Waals surface area contributed by atoms with Crippen LogP contribution in [0.4, 0.5) is 0 Å². The Kier molecular flexibility index (Phi) is 5.02. The number of hydrogen-bond acceptors (Lipinski definition) is 1. The summed E-state index contributed by atoms with van der Waals surface area (Å²) in [6.07, 6.45) is 4.10. The highest BCUT2D eigenvalue weighted by molar-refractivity contribution is 9.13. The van der Waals surface area contributed by atoms with Gasteiger partial charge in [0.25, 0.3) is 0 Å². The summed E-state index contributed by atoms with van der Waals surface area (Å²) in [7, 11) is 0. The monoisotopic (exact) mass is 366 g/mol. The molecule has 0 saturated heterocycles. The second-order valence-electron chi connectivity index (χ2n) is 3.67. The van der Waals surface area contributed by atoms with Gasteiger partial charge in [0.2, 0.25) is 0 Å². The van der Waals surface area contributed by atoms with Gasteiger partial charge in [-0.25, -0.2) is 0 Å². The molecule has 0 bridgehead atoms. The van der Waals surface area contributed by atoms with Crippen molar-refractivity contribution in [2.75, 3.05) is 6.61 Å². The van der Waals surface area contributed by atoms with E-state index in [1.54, 1.807) is 0 Å². The Hall–Kier alpha value is -1.06. The van der Waals surface area contributed by atoms with Crippen LogP contribution < -0.4 is 4.74 Å². The van der Waals surface area contributed by atoms with Crippen molar-refractivity contribution >= 4 is 37.9 Å². The predicted molar refractivity (Wildman–Crippen MR) is 82.8 cm³/mol. The largest absolute Gasteiger partial charge is 0.489 e. The van der Waals surface area contributed by atoms with Crippen LogP contribution in [0.5, 0.6) is 5.75 Å². The van der Waals surface area contributed by atoms with Crippen molar-refractivity contribution in [3.8, 4) is 5.75 Å². The molecule has 2 aromatic rings. The lowest BCUT2D eigenvalue weighted by Crippen LogP contribution is -1.98. The van der Waals surface area contributed by atoms with Gasteiger partial charge >= 0.3 is 0 Å². The Morgan fingerprint density at radius 3 is 2.06 bits per heavy atom. The number of halogens is 2. The van der Waals surface area contributed by atoms with Crippen LogP contribution in [0.3, 0.4) is 0 Å². The van der Waals surface area contributed by atoms with E-state index in [2.05, 4.69) is 37.9 Å². The molecule has 0 spiro atoms. The quantitative estimate of drug-likeness (QED) is 0.613. The number of benzene rings is 2. The van der Waals surface area contributed by atoms with Crippen molar-refractivity contribution in [3.05, 3.63) is 69.1 Å². The van der Waals surface area contributed by atoms with Crippen LogP contribution in [0, 0.1) is 0 Å². The summed E-state index contributed by atoms with van der Waals surface area (Å²) >= 11 is 6.70. The van der Waals surface area contributed by atoms with E-state index >= 15 is 0 Å². The number of fused-ring (bicyclic) bond motifs is 1. The van der Waals surface area contributed by atoms with Gasteiger partial charge in [-0.3, -0.25) is 0 Å². The van der Waals surface area contributed by atoms with Crippen molar-refractivity contribution in [3.63, 3.8) is 0 Å². The summed E-state index contributed by atoms with van der Waals surface area (Å²) < 4.78 is 7.53. The van der Waals surface area contributed by atoms with Crippen LogP contribution in [-0.2, 0) is 0 Å². The smallest absolute Gasteiger partial charge is 0.126 e. The van der Waals surface area contributed by atoms with E-state index in [9.17, 15) is 0 Å². The van der Waals surface area contributed by atoms with Gasteiger partial charge in [-0.15, -0.1) is 0 Å². The average molecular weight is 368 g/mol. The van der Waals surface area contributed by atoms with E-state index in [0.717, 1.165) is 14.7 Å². The highest BCUT2D eigenvalue weighted by atomic mass is 79.9. The maximum absolute atomic E-state index is 5.34. The summed E-state index contributed by atoms with van der Waals surface area (Å²) in [6.45, 7) is 0.705. The molecule has 0 aromatic heterocycles. The topological polar surface area (TPSA) is 9.23 Å². The lowest BCUT2D eigenvalue weighted by molar-refractivity contribution is 0.358. The average Bonchev–Trinajstić information content (AvgIpc) is 2.43. The predicted octanol–water partition coefficient (Wildman–Crippen LogP) is 5.30. The zero-order valence-corrected chi connectivity index (χ0v) is 12.8. The van der Waals surface area contributed by atoms with Gasteiger partial charge in [0.05, 0.1) is 0 Å². The maximum Gasteiger partial charge on any atom is 0.126 e. The number of para-hydroxylation sites is 1. The molecular formula is C15H12Br2O. The molecule has 0 saturated carbocycles. The summed E-state index contributed by atoms with van der Waals surface area (Å²) in [5, 5.41) is 0. The normalized spacial score (nSPS) is 11.9. The minimum Gasteiger partial charge on any atom is -0.489 e. The fraction of sp³-hybridized carbons (Fsp3) is 0.0667. The van der Waals surface area contributed by atoms with Crippen molar-refractivity contribution in [2.24, 2.45) is 0 Å². The molecule has 1 nitrogen and oxygen atoms in total. The summed E-state index contributed by atoms with van der Waals surface area (Å²) in [4.78, 5) is 0. The first-order chi connectivity index (χ1) is 8.77. The third-order valence-electron chi connectivity index (χ3n) is 2.38. The molecule has 92 valence electrons. The first-order valence-corrected chi connectivity index (χ1v) is 7.14. The van der Waals surface area contributed by atoms with E-state index in [4.69, 9.17) is 4.74 Å². The van der Waals surface area contributed by atoms with E-state index in [1.165, 1.54) is 5.56 Å². The molecule has 0 amide bonds. The fourth-order valence-electron chi connectivity index (χ4n) is 1.50. The van der Waals surface area contributed by atoms with Gasteiger partial charge < -0.3 is 4.74 Å². The SMILES string of the molecule is Brc1ccccc1Br.C1=Cc2ccccc2OC1. The molecule has 0 unspecified atom stereocenters. The van der Waals surface area contributed by atoms with E-state index < -0.39 is 0 Å². The van der Waals surface area contributed by atoms with Gasteiger partial charge in [-0.1, -0.05) is 36.4 Å². The van der Waals surface area contributed by atoms with E-state index in [0.29, 0.717) is 6.61 Å². The first kappa shape index (κ1) is 13.4. The van der Waals surface area contributed by atoms with Gasteiger partial charge in [0, 0.05) is 14.5 Å². The van der Waals surface area contributed by atoms with E-state index in [1.807, 2.05) is 54.6 Å². The molecule has 0 fully saturated rings. The molecular weight excluding hydrogens is 356 g/mol. The Balaban J connectivity index is 0.000000138. The standard InChI is InChI=1S/C9H8O.C6H4Br2/c1-2-6-9-8(4-1)5-3-7-10-9;7-5-3-1-2-4-6(5)8/h1-6H,7H2;1-4H. The summed E-state index contributed by atoms with van der Waals surface area (Å²) in [6, 6.07) is 16.0. The molecule has 2 aromatic carbocycles. The lowest BCUT2D eigenvalue weighted by Gasteiger charge is -2.10. The highest BCUT2D eigenvalue weighted by Gasteiger charge is 2.01. The highest BCUT2D eigenvalue weighted by Crippen LogP contribution is 2.22. The van der Waals surface area contributed by atoms with Crippen LogP contribution in [0.1, 0.15) is 5.56 Å². The molecule has 3 heteroatoms. The van der Waals surface area contributed by atoms with Crippen LogP contribution in [-0.4, -0.2) is 6.61 Å².